The van der Waals surface area contributed by atoms with Crippen molar-refractivity contribution in [1.29, 1.82) is 0 Å². The van der Waals surface area contributed by atoms with Gasteiger partial charge in [0.15, 0.2) is 0 Å². The van der Waals surface area contributed by atoms with E-state index in [9.17, 15) is 0 Å². The van der Waals surface area contributed by atoms with E-state index in [4.69, 9.17) is 9.47 Å². The van der Waals surface area contributed by atoms with E-state index in [0.717, 1.165) is 48.8 Å². The lowest BCUT2D eigenvalue weighted by Gasteiger charge is -2.34. The van der Waals surface area contributed by atoms with Gasteiger partial charge in [0.05, 0.1) is 25.8 Å². The van der Waals surface area contributed by atoms with Crippen LogP contribution in [0.3, 0.4) is 0 Å². The zero-order valence-electron chi connectivity index (χ0n) is 12.6. The molecule has 1 aliphatic heterocycles. The predicted octanol–water partition coefficient (Wildman–Crippen LogP) is 2.14. The number of hydrogen-bond acceptors (Lipinski definition) is 4. The molecule has 110 valence electrons. The third kappa shape index (κ3) is 2.97. The van der Waals surface area contributed by atoms with Gasteiger partial charge in [-0.15, -0.1) is 6.58 Å². The first-order valence-electron chi connectivity index (χ1n) is 7.01. The molecule has 20 heavy (non-hydrogen) atoms. The van der Waals surface area contributed by atoms with Crippen LogP contribution in [0.4, 0.5) is 0 Å². The second-order valence-electron chi connectivity index (χ2n) is 5.05. The normalized spacial score (nSPS) is 17.6. The van der Waals surface area contributed by atoms with E-state index >= 15 is 0 Å². The van der Waals surface area contributed by atoms with Gasteiger partial charge in [0.25, 0.3) is 0 Å². The van der Waals surface area contributed by atoms with Gasteiger partial charge in [0.1, 0.15) is 11.5 Å². The topological polar surface area (TPSA) is 33.7 Å². The highest BCUT2D eigenvalue weighted by Gasteiger charge is 2.25. The highest BCUT2D eigenvalue weighted by Crippen LogP contribution is 2.38. The number of rotatable bonds is 5. The fourth-order valence-corrected chi connectivity index (χ4v) is 2.77. The van der Waals surface area contributed by atoms with Gasteiger partial charge in [-0.3, -0.25) is 4.90 Å². The van der Waals surface area contributed by atoms with Crippen molar-refractivity contribution in [1.82, 2.24) is 10.2 Å². The van der Waals surface area contributed by atoms with E-state index in [1.165, 1.54) is 0 Å². The summed E-state index contributed by atoms with van der Waals surface area (Å²) >= 11 is 0. The van der Waals surface area contributed by atoms with E-state index in [1.807, 2.05) is 13.0 Å². The minimum atomic E-state index is 0.114. The molecule has 0 aromatic heterocycles. The van der Waals surface area contributed by atoms with Crippen molar-refractivity contribution >= 4 is 0 Å². The molecule has 1 aromatic carbocycles. The van der Waals surface area contributed by atoms with Crippen LogP contribution >= 0.6 is 0 Å². The zero-order chi connectivity index (χ0) is 14.5. The average molecular weight is 276 g/mol. The van der Waals surface area contributed by atoms with Crippen LogP contribution in [0.2, 0.25) is 0 Å². The molecule has 0 aliphatic carbocycles. The van der Waals surface area contributed by atoms with Crippen LogP contribution in [0, 0.1) is 6.92 Å². The Morgan fingerprint density at radius 1 is 1.20 bits per heavy atom. The van der Waals surface area contributed by atoms with Gasteiger partial charge in [-0.05, 0) is 24.6 Å². The zero-order valence-corrected chi connectivity index (χ0v) is 12.6. The molecule has 1 atom stereocenters. The van der Waals surface area contributed by atoms with Gasteiger partial charge >= 0.3 is 0 Å². The number of nitrogens with zero attached hydrogens (tertiary/aromatic N) is 1. The Morgan fingerprint density at radius 2 is 1.75 bits per heavy atom. The maximum Gasteiger partial charge on any atom is 0.127 e. The van der Waals surface area contributed by atoms with Crippen LogP contribution in [0.25, 0.3) is 0 Å². The average Bonchev–Trinajstić information content (AvgIpc) is 2.49. The quantitative estimate of drug-likeness (QED) is 0.836. The lowest BCUT2D eigenvalue weighted by atomic mass is 10.00. The van der Waals surface area contributed by atoms with Crippen LogP contribution in [0.15, 0.2) is 24.8 Å². The third-order valence-electron chi connectivity index (χ3n) is 3.75. The SMILES string of the molecule is C=C[C@@H](c1c(OC)cc(C)cc1OC)N1CCNCC1. The summed E-state index contributed by atoms with van der Waals surface area (Å²) in [6.45, 7) is 10.1. The second kappa shape index (κ2) is 6.77. The van der Waals surface area contributed by atoms with Gasteiger partial charge in [-0.2, -0.15) is 0 Å². The molecule has 1 N–H and O–H groups in total. The van der Waals surface area contributed by atoms with Gasteiger partial charge < -0.3 is 14.8 Å². The maximum atomic E-state index is 5.57. The molecule has 4 heteroatoms. The van der Waals surface area contributed by atoms with E-state index in [0.29, 0.717) is 0 Å². The van der Waals surface area contributed by atoms with Gasteiger partial charge in [0, 0.05) is 26.2 Å². The Labute approximate surface area is 121 Å². The molecule has 0 unspecified atom stereocenters. The largest absolute Gasteiger partial charge is 0.496 e. The molecule has 0 amide bonds. The predicted molar refractivity (Wildman–Crippen MR) is 81.7 cm³/mol. The van der Waals surface area contributed by atoms with Crippen LogP contribution < -0.4 is 14.8 Å². The molecule has 1 aromatic rings. The van der Waals surface area contributed by atoms with Crippen molar-refractivity contribution in [3.63, 3.8) is 0 Å². The van der Waals surface area contributed by atoms with Crippen LogP contribution in [0.1, 0.15) is 17.2 Å². The number of piperazine rings is 1. The number of nitrogens with one attached hydrogen (secondary N) is 1. The fraction of sp³-hybridized carbons (Fsp3) is 0.500. The van der Waals surface area contributed by atoms with Crippen LogP contribution in [-0.4, -0.2) is 45.3 Å². The molecule has 1 fully saturated rings. The molecule has 1 heterocycles. The monoisotopic (exact) mass is 276 g/mol. The Bertz CT molecular complexity index is 443. The van der Waals surface area contributed by atoms with E-state index in [1.54, 1.807) is 14.2 Å². The van der Waals surface area contributed by atoms with Crippen molar-refractivity contribution in [3.05, 3.63) is 35.9 Å². The molecule has 2 rings (SSSR count). The Kier molecular flexibility index (Phi) is 5.04. The van der Waals surface area contributed by atoms with Gasteiger partial charge in [-0.25, -0.2) is 0 Å². The second-order valence-corrected chi connectivity index (χ2v) is 5.05. The summed E-state index contributed by atoms with van der Waals surface area (Å²) in [5.41, 5.74) is 2.20. The lowest BCUT2D eigenvalue weighted by Crippen LogP contribution is -2.44. The molecule has 0 radical (unpaired) electrons. The number of methoxy groups -OCH3 is 2. The molecule has 0 saturated carbocycles. The molecule has 0 spiro atoms. The Morgan fingerprint density at radius 3 is 2.20 bits per heavy atom. The van der Waals surface area contributed by atoms with Crippen LogP contribution in [0.5, 0.6) is 11.5 Å². The number of aryl methyl sites for hydroxylation is 1. The van der Waals surface area contributed by atoms with Crippen molar-refractivity contribution in [2.24, 2.45) is 0 Å². The Balaban J connectivity index is 2.43. The summed E-state index contributed by atoms with van der Waals surface area (Å²) in [4.78, 5) is 2.40. The Hall–Kier alpha value is -1.52. The van der Waals surface area contributed by atoms with Crippen molar-refractivity contribution in [2.45, 2.75) is 13.0 Å². The van der Waals surface area contributed by atoms with Crippen molar-refractivity contribution in [3.8, 4) is 11.5 Å². The summed E-state index contributed by atoms with van der Waals surface area (Å²) in [6.07, 6.45) is 1.97. The highest BCUT2D eigenvalue weighted by molar-refractivity contribution is 5.51. The summed E-state index contributed by atoms with van der Waals surface area (Å²) < 4.78 is 11.1. The fourth-order valence-electron chi connectivity index (χ4n) is 2.77. The first kappa shape index (κ1) is 14.9. The van der Waals surface area contributed by atoms with E-state index in [2.05, 4.69) is 28.9 Å². The van der Waals surface area contributed by atoms with Crippen molar-refractivity contribution in [2.75, 3.05) is 40.4 Å². The number of benzene rings is 1. The van der Waals surface area contributed by atoms with E-state index < -0.39 is 0 Å². The summed E-state index contributed by atoms with van der Waals surface area (Å²) in [7, 11) is 3.41. The molecule has 4 nitrogen and oxygen atoms in total. The first-order chi connectivity index (χ1) is 9.71. The third-order valence-corrected chi connectivity index (χ3v) is 3.75. The van der Waals surface area contributed by atoms with Gasteiger partial charge in [-0.1, -0.05) is 6.08 Å². The summed E-state index contributed by atoms with van der Waals surface area (Å²) in [5.74, 6) is 1.73. The van der Waals surface area contributed by atoms with Crippen molar-refractivity contribution < 1.29 is 9.47 Å². The first-order valence-corrected chi connectivity index (χ1v) is 7.01. The molecular formula is C16H24N2O2. The summed E-state index contributed by atoms with van der Waals surface area (Å²) in [6, 6.07) is 4.22. The standard InChI is InChI=1S/C16H24N2O2/c1-5-13(18-8-6-17-7-9-18)16-14(19-3)10-12(2)11-15(16)20-4/h5,10-11,13,17H,1,6-9H2,2-4H3/t13-/m0/s1. The van der Waals surface area contributed by atoms with Gasteiger partial charge in [0.2, 0.25) is 0 Å². The maximum absolute atomic E-state index is 5.57. The number of ether oxygens (including phenoxy) is 2. The van der Waals surface area contributed by atoms with E-state index in [-0.39, 0.29) is 6.04 Å². The molecular weight excluding hydrogens is 252 g/mol. The smallest absolute Gasteiger partial charge is 0.127 e. The lowest BCUT2D eigenvalue weighted by molar-refractivity contribution is 0.197. The minimum Gasteiger partial charge on any atom is -0.496 e. The minimum absolute atomic E-state index is 0.114. The molecule has 1 saturated heterocycles. The summed E-state index contributed by atoms with van der Waals surface area (Å²) in [5, 5.41) is 3.37. The molecule has 0 bridgehead atoms. The highest BCUT2D eigenvalue weighted by atomic mass is 16.5. The van der Waals surface area contributed by atoms with Crippen LogP contribution in [-0.2, 0) is 0 Å². The number of hydrogen-bond donors (Lipinski definition) is 1. The molecule has 1 aliphatic rings.